The molecule has 5 heteroatoms. The van der Waals surface area contributed by atoms with Crippen molar-refractivity contribution in [2.45, 2.75) is 12.5 Å². The molecule has 0 aromatic carbocycles. The number of aromatic nitrogens is 1. The summed E-state index contributed by atoms with van der Waals surface area (Å²) in [5, 5.41) is 30.1. The van der Waals surface area contributed by atoms with Crippen LogP contribution < -0.4 is 5.32 Å². The first-order valence-electron chi connectivity index (χ1n) is 4.70. The van der Waals surface area contributed by atoms with Gasteiger partial charge in [-0.3, -0.25) is 0 Å². The molecular formula is C10H16N2O3. The van der Waals surface area contributed by atoms with Crippen molar-refractivity contribution in [2.24, 2.45) is 0 Å². The summed E-state index contributed by atoms with van der Waals surface area (Å²) in [5.41, 5.74) is -0.302. The number of hydrogen-bond donors (Lipinski definition) is 4. The molecule has 0 saturated carbocycles. The molecule has 0 unspecified atom stereocenters. The molecule has 0 spiro atoms. The second-order valence-electron chi connectivity index (χ2n) is 3.54. The lowest BCUT2D eigenvalue weighted by atomic mass is 10.0. The Morgan fingerprint density at radius 2 is 1.80 bits per heavy atom. The highest BCUT2D eigenvalue weighted by atomic mass is 16.3. The number of aliphatic hydroxyl groups is 3. The number of aryl methyl sites for hydroxylation is 1. The van der Waals surface area contributed by atoms with Crippen molar-refractivity contribution in [3.63, 3.8) is 0 Å². The first-order chi connectivity index (χ1) is 7.15. The highest BCUT2D eigenvalue weighted by Crippen LogP contribution is 2.12. The summed E-state index contributed by atoms with van der Waals surface area (Å²) in [6.45, 7) is 0.741. The van der Waals surface area contributed by atoms with Gasteiger partial charge in [0.25, 0.3) is 0 Å². The molecule has 1 aromatic rings. The number of pyridine rings is 1. The van der Waals surface area contributed by atoms with Crippen molar-refractivity contribution in [1.82, 2.24) is 4.98 Å². The largest absolute Gasteiger partial charge is 0.394 e. The number of nitrogens with one attached hydrogen (secondary N) is 1. The van der Waals surface area contributed by atoms with Crippen LogP contribution in [0.1, 0.15) is 5.69 Å². The molecule has 0 aliphatic carbocycles. The van der Waals surface area contributed by atoms with Crippen molar-refractivity contribution < 1.29 is 15.3 Å². The second kappa shape index (κ2) is 5.06. The summed E-state index contributed by atoms with van der Waals surface area (Å²) in [4.78, 5) is 4.16. The fourth-order valence-corrected chi connectivity index (χ4v) is 1.15. The summed E-state index contributed by atoms with van der Waals surface area (Å²) < 4.78 is 0. The van der Waals surface area contributed by atoms with Crippen LogP contribution in [0.25, 0.3) is 0 Å². The van der Waals surface area contributed by atoms with Gasteiger partial charge in [0.15, 0.2) is 0 Å². The van der Waals surface area contributed by atoms with Gasteiger partial charge in [0.1, 0.15) is 11.4 Å². The molecule has 0 saturated heterocycles. The molecule has 0 radical (unpaired) electrons. The number of nitrogens with zero attached hydrogens (tertiary/aromatic N) is 1. The molecule has 0 aliphatic heterocycles. The van der Waals surface area contributed by atoms with Gasteiger partial charge in [-0.05, 0) is 19.1 Å². The summed E-state index contributed by atoms with van der Waals surface area (Å²) in [6.07, 6.45) is 0. The lowest BCUT2D eigenvalue weighted by molar-refractivity contribution is 0.0831. The molecular weight excluding hydrogens is 196 g/mol. The van der Waals surface area contributed by atoms with Crippen LogP contribution >= 0.6 is 0 Å². The molecule has 1 heterocycles. The Kier molecular flexibility index (Phi) is 4.02. The van der Waals surface area contributed by atoms with Crippen molar-refractivity contribution in [1.29, 1.82) is 0 Å². The normalized spacial score (nSPS) is 11.5. The first-order valence-corrected chi connectivity index (χ1v) is 4.70. The van der Waals surface area contributed by atoms with E-state index >= 15 is 0 Å². The average Bonchev–Trinajstić information content (AvgIpc) is 2.26. The fourth-order valence-electron chi connectivity index (χ4n) is 1.15. The fraction of sp³-hybridized carbons (Fsp3) is 0.500. The van der Waals surface area contributed by atoms with E-state index in [-0.39, 0.29) is 19.8 Å². The molecule has 0 aliphatic rings. The zero-order valence-electron chi connectivity index (χ0n) is 8.64. The Bertz CT molecular complexity index is 305. The number of rotatable bonds is 5. The van der Waals surface area contributed by atoms with Crippen LogP contribution in [-0.2, 0) is 0 Å². The van der Waals surface area contributed by atoms with Gasteiger partial charge in [-0.15, -0.1) is 0 Å². The van der Waals surface area contributed by atoms with Crippen LogP contribution in [0.5, 0.6) is 0 Å². The third-order valence-corrected chi connectivity index (χ3v) is 2.19. The van der Waals surface area contributed by atoms with E-state index < -0.39 is 5.54 Å². The molecule has 4 N–H and O–H groups in total. The monoisotopic (exact) mass is 212 g/mol. The van der Waals surface area contributed by atoms with Crippen LogP contribution in [-0.4, -0.2) is 45.7 Å². The van der Waals surface area contributed by atoms with E-state index in [4.69, 9.17) is 15.3 Å². The minimum atomic E-state index is -1.12. The highest BCUT2D eigenvalue weighted by Gasteiger charge is 2.27. The van der Waals surface area contributed by atoms with E-state index in [1.807, 2.05) is 19.1 Å². The first kappa shape index (κ1) is 11.9. The van der Waals surface area contributed by atoms with E-state index in [0.29, 0.717) is 5.82 Å². The van der Waals surface area contributed by atoms with E-state index in [2.05, 4.69) is 10.3 Å². The molecule has 0 amide bonds. The summed E-state index contributed by atoms with van der Waals surface area (Å²) in [6, 6.07) is 5.36. The van der Waals surface area contributed by atoms with Gasteiger partial charge in [-0.1, -0.05) is 6.07 Å². The van der Waals surface area contributed by atoms with Gasteiger partial charge in [-0.2, -0.15) is 0 Å². The molecule has 84 valence electrons. The topological polar surface area (TPSA) is 85.6 Å². The highest BCUT2D eigenvalue weighted by molar-refractivity contribution is 5.38. The summed E-state index contributed by atoms with van der Waals surface area (Å²) >= 11 is 0. The maximum Gasteiger partial charge on any atom is 0.126 e. The number of aliphatic hydroxyl groups excluding tert-OH is 3. The van der Waals surface area contributed by atoms with Crippen molar-refractivity contribution in [3.05, 3.63) is 23.9 Å². The smallest absolute Gasteiger partial charge is 0.126 e. The quantitative estimate of drug-likeness (QED) is 0.529. The number of hydrogen-bond acceptors (Lipinski definition) is 5. The van der Waals surface area contributed by atoms with Crippen LogP contribution in [0.2, 0.25) is 0 Å². The second-order valence-corrected chi connectivity index (χ2v) is 3.54. The lowest BCUT2D eigenvalue weighted by Gasteiger charge is -2.29. The third-order valence-electron chi connectivity index (χ3n) is 2.19. The maximum absolute atomic E-state index is 9.10. The standard InChI is InChI=1S/C10H16N2O3/c1-8-3-2-4-9(11-8)12-10(5-13,6-14)7-15/h2-4,13-15H,5-7H2,1H3,(H,11,12). The molecule has 15 heavy (non-hydrogen) atoms. The van der Waals surface area contributed by atoms with Gasteiger partial charge in [0.05, 0.1) is 19.8 Å². The summed E-state index contributed by atoms with van der Waals surface area (Å²) in [7, 11) is 0. The zero-order valence-corrected chi connectivity index (χ0v) is 8.64. The Hall–Kier alpha value is -1.17. The van der Waals surface area contributed by atoms with Crippen LogP contribution in [0, 0.1) is 6.92 Å². The SMILES string of the molecule is Cc1cccc(NC(CO)(CO)CO)n1. The van der Waals surface area contributed by atoms with Gasteiger partial charge < -0.3 is 20.6 Å². The van der Waals surface area contributed by atoms with Gasteiger partial charge in [-0.25, -0.2) is 4.98 Å². The Balaban J connectivity index is 2.82. The molecule has 0 fully saturated rings. The Morgan fingerprint density at radius 3 is 2.27 bits per heavy atom. The van der Waals surface area contributed by atoms with Gasteiger partial charge in [0.2, 0.25) is 0 Å². The predicted octanol–water partition coefficient (Wildman–Crippen LogP) is -0.482. The third kappa shape index (κ3) is 2.89. The minimum Gasteiger partial charge on any atom is -0.394 e. The molecule has 5 nitrogen and oxygen atoms in total. The van der Waals surface area contributed by atoms with E-state index in [1.54, 1.807) is 6.07 Å². The van der Waals surface area contributed by atoms with E-state index in [9.17, 15) is 0 Å². The van der Waals surface area contributed by atoms with Crippen LogP contribution in [0.4, 0.5) is 5.82 Å². The van der Waals surface area contributed by atoms with E-state index in [0.717, 1.165) is 5.69 Å². The van der Waals surface area contributed by atoms with E-state index in [1.165, 1.54) is 0 Å². The van der Waals surface area contributed by atoms with Gasteiger partial charge >= 0.3 is 0 Å². The number of anilines is 1. The van der Waals surface area contributed by atoms with Crippen LogP contribution in [0.15, 0.2) is 18.2 Å². The van der Waals surface area contributed by atoms with Crippen molar-refractivity contribution >= 4 is 5.82 Å². The Labute approximate surface area is 88.4 Å². The maximum atomic E-state index is 9.10. The molecule has 0 atom stereocenters. The van der Waals surface area contributed by atoms with Crippen LogP contribution in [0.3, 0.4) is 0 Å². The molecule has 1 rings (SSSR count). The molecule has 1 aromatic heterocycles. The lowest BCUT2D eigenvalue weighted by Crippen LogP contribution is -2.49. The average molecular weight is 212 g/mol. The minimum absolute atomic E-state index is 0.365. The predicted molar refractivity (Wildman–Crippen MR) is 56.6 cm³/mol. The van der Waals surface area contributed by atoms with Crippen molar-refractivity contribution in [3.8, 4) is 0 Å². The Morgan fingerprint density at radius 1 is 1.20 bits per heavy atom. The zero-order chi connectivity index (χ0) is 11.3. The van der Waals surface area contributed by atoms with Crippen molar-refractivity contribution in [2.75, 3.05) is 25.1 Å². The molecule has 0 bridgehead atoms. The summed E-state index contributed by atoms with van der Waals surface area (Å²) in [5.74, 6) is 0.521. The van der Waals surface area contributed by atoms with Gasteiger partial charge in [0, 0.05) is 5.69 Å².